The first kappa shape index (κ1) is 13.9. The van der Waals surface area contributed by atoms with Crippen molar-refractivity contribution in [2.45, 2.75) is 6.92 Å². The molecule has 1 heterocycles. The third-order valence-corrected chi connectivity index (χ3v) is 4.19. The molecule has 0 radical (unpaired) electrons. The van der Waals surface area contributed by atoms with Gasteiger partial charge in [-0.2, -0.15) is 0 Å². The van der Waals surface area contributed by atoms with E-state index >= 15 is 0 Å². The fraction of sp³-hybridized carbons (Fsp3) is 0.0667. The van der Waals surface area contributed by atoms with Crippen molar-refractivity contribution < 1.29 is 4.79 Å². The lowest BCUT2D eigenvalue weighted by Gasteiger charge is -2.05. The molecular weight excluding hydrogens is 306 g/mol. The monoisotopic (exact) mass is 317 g/mol. The maximum absolute atomic E-state index is 12.2. The fourth-order valence-electron chi connectivity index (χ4n) is 1.97. The molecule has 0 spiro atoms. The molecule has 1 aromatic heterocycles. The van der Waals surface area contributed by atoms with Gasteiger partial charge in [0.2, 0.25) is 0 Å². The number of anilines is 2. The van der Waals surface area contributed by atoms with Gasteiger partial charge in [0.25, 0.3) is 5.91 Å². The van der Waals surface area contributed by atoms with Gasteiger partial charge in [0.05, 0.1) is 15.8 Å². The van der Waals surface area contributed by atoms with Gasteiger partial charge in [-0.15, -0.1) is 0 Å². The average Bonchev–Trinajstić information content (AvgIpc) is 2.82. The van der Waals surface area contributed by atoms with Crippen LogP contribution >= 0.6 is 22.9 Å². The Balaban J connectivity index is 1.90. The van der Waals surface area contributed by atoms with Gasteiger partial charge < -0.3 is 5.73 Å². The zero-order valence-corrected chi connectivity index (χ0v) is 12.8. The number of carbonyl (C=O) groups is 1. The van der Waals surface area contributed by atoms with Gasteiger partial charge in [-0.3, -0.25) is 10.1 Å². The summed E-state index contributed by atoms with van der Waals surface area (Å²) in [5.41, 5.74) is 8.55. The second-order valence-corrected chi connectivity index (χ2v) is 6.14. The number of halogens is 1. The van der Waals surface area contributed by atoms with Crippen LogP contribution in [0.1, 0.15) is 15.9 Å². The largest absolute Gasteiger partial charge is 0.398 e. The number of aryl methyl sites for hydroxylation is 1. The van der Waals surface area contributed by atoms with Crippen molar-refractivity contribution in [1.29, 1.82) is 0 Å². The number of carbonyl (C=O) groups excluding carboxylic acids is 1. The summed E-state index contributed by atoms with van der Waals surface area (Å²) in [6.07, 6.45) is 0. The Morgan fingerprint density at radius 2 is 2.10 bits per heavy atom. The number of nitrogens with two attached hydrogens (primary N) is 1. The van der Waals surface area contributed by atoms with Crippen molar-refractivity contribution in [1.82, 2.24) is 4.98 Å². The molecule has 0 fully saturated rings. The van der Waals surface area contributed by atoms with E-state index < -0.39 is 0 Å². The quantitative estimate of drug-likeness (QED) is 0.699. The molecule has 106 valence electrons. The highest BCUT2D eigenvalue weighted by atomic mass is 35.5. The Morgan fingerprint density at radius 3 is 2.90 bits per heavy atom. The van der Waals surface area contributed by atoms with Crippen LogP contribution in [0.25, 0.3) is 10.2 Å². The minimum atomic E-state index is -0.314. The predicted molar refractivity (Wildman–Crippen MR) is 88.2 cm³/mol. The number of thiazole rings is 1. The van der Waals surface area contributed by atoms with E-state index in [1.807, 2.05) is 25.1 Å². The molecule has 3 rings (SSSR count). The van der Waals surface area contributed by atoms with Gasteiger partial charge in [0.15, 0.2) is 5.13 Å². The van der Waals surface area contributed by atoms with Crippen LogP contribution in [0.5, 0.6) is 0 Å². The summed E-state index contributed by atoms with van der Waals surface area (Å²) in [5.74, 6) is -0.314. The number of nitrogen functional groups attached to an aromatic ring is 1. The number of aromatic nitrogens is 1. The first-order valence-corrected chi connectivity index (χ1v) is 7.46. The van der Waals surface area contributed by atoms with E-state index in [4.69, 9.17) is 17.3 Å². The summed E-state index contributed by atoms with van der Waals surface area (Å²) < 4.78 is 1.03. The zero-order chi connectivity index (χ0) is 15.0. The Bertz CT molecular complexity index is 844. The fourth-order valence-corrected chi connectivity index (χ4v) is 3.11. The summed E-state index contributed by atoms with van der Waals surface area (Å²) in [7, 11) is 0. The molecule has 6 heteroatoms. The first-order valence-electron chi connectivity index (χ1n) is 6.26. The molecule has 4 nitrogen and oxygen atoms in total. The number of hydrogen-bond donors (Lipinski definition) is 2. The molecule has 3 N–H and O–H groups in total. The topological polar surface area (TPSA) is 68.0 Å². The minimum Gasteiger partial charge on any atom is -0.398 e. The third-order valence-electron chi connectivity index (χ3n) is 3.02. The van der Waals surface area contributed by atoms with Crippen molar-refractivity contribution in [2.24, 2.45) is 0 Å². The number of rotatable bonds is 2. The van der Waals surface area contributed by atoms with Crippen LogP contribution in [-0.4, -0.2) is 10.9 Å². The van der Waals surface area contributed by atoms with Gasteiger partial charge in [-0.25, -0.2) is 4.98 Å². The molecular formula is C15H12ClN3OS. The smallest absolute Gasteiger partial charge is 0.259 e. The average molecular weight is 318 g/mol. The van der Waals surface area contributed by atoms with E-state index in [1.54, 1.807) is 18.2 Å². The van der Waals surface area contributed by atoms with Crippen molar-refractivity contribution >= 4 is 49.9 Å². The number of benzene rings is 2. The number of nitrogens with zero attached hydrogens (tertiary/aromatic N) is 1. The van der Waals surface area contributed by atoms with E-state index in [9.17, 15) is 4.79 Å². The van der Waals surface area contributed by atoms with Crippen LogP contribution in [0.2, 0.25) is 5.02 Å². The molecule has 0 saturated carbocycles. The maximum Gasteiger partial charge on any atom is 0.259 e. The molecule has 3 aromatic rings. The van der Waals surface area contributed by atoms with E-state index in [0.29, 0.717) is 21.4 Å². The molecule has 0 aliphatic rings. The third kappa shape index (κ3) is 2.84. The SMILES string of the molecule is Cc1ccc2nc(NC(=O)c3cc(Cl)ccc3N)sc2c1. The Hall–Kier alpha value is -2.11. The number of fused-ring (bicyclic) bond motifs is 1. The highest BCUT2D eigenvalue weighted by Crippen LogP contribution is 2.27. The van der Waals surface area contributed by atoms with Gasteiger partial charge >= 0.3 is 0 Å². The van der Waals surface area contributed by atoms with Crippen molar-refractivity contribution in [3.8, 4) is 0 Å². The second-order valence-electron chi connectivity index (χ2n) is 4.68. The summed E-state index contributed by atoms with van der Waals surface area (Å²) in [5, 5.41) is 3.77. The molecule has 0 saturated heterocycles. The summed E-state index contributed by atoms with van der Waals surface area (Å²) >= 11 is 7.32. The lowest BCUT2D eigenvalue weighted by molar-refractivity contribution is 0.102. The summed E-state index contributed by atoms with van der Waals surface area (Å²) in [4.78, 5) is 16.6. The van der Waals surface area contributed by atoms with Crippen molar-refractivity contribution in [3.05, 3.63) is 52.5 Å². The van der Waals surface area contributed by atoms with Crippen LogP contribution in [0.4, 0.5) is 10.8 Å². The van der Waals surface area contributed by atoms with E-state index in [1.165, 1.54) is 11.3 Å². The lowest BCUT2D eigenvalue weighted by Crippen LogP contribution is -2.13. The van der Waals surface area contributed by atoms with Crippen molar-refractivity contribution in [3.63, 3.8) is 0 Å². The predicted octanol–water partition coefficient (Wildman–Crippen LogP) is 4.09. The molecule has 0 unspecified atom stereocenters. The summed E-state index contributed by atoms with van der Waals surface area (Å²) in [6.45, 7) is 2.02. The highest BCUT2D eigenvalue weighted by Gasteiger charge is 2.13. The minimum absolute atomic E-state index is 0.314. The van der Waals surface area contributed by atoms with Gasteiger partial charge in [-0.05, 0) is 42.8 Å². The molecule has 0 aliphatic carbocycles. The standard InChI is InChI=1S/C15H12ClN3OS/c1-8-2-5-12-13(6-8)21-15(18-12)19-14(20)10-7-9(16)3-4-11(10)17/h2-7H,17H2,1H3,(H,18,19,20). The van der Waals surface area contributed by atoms with Crippen LogP contribution in [-0.2, 0) is 0 Å². The zero-order valence-electron chi connectivity index (χ0n) is 11.2. The van der Waals surface area contributed by atoms with E-state index in [-0.39, 0.29) is 5.91 Å². The molecule has 2 aromatic carbocycles. The summed E-state index contributed by atoms with van der Waals surface area (Å²) in [6, 6.07) is 10.8. The van der Waals surface area contributed by atoms with Crippen molar-refractivity contribution in [2.75, 3.05) is 11.1 Å². The van der Waals surface area contributed by atoms with Crippen LogP contribution < -0.4 is 11.1 Å². The van der Waals surface area contributed by atoms with Gasteiger partial charge in [0.1, 0.15) is 0 Å². The molecule has 0 bridgehead atoms. The van der Waals surface area contributed by atoms with Gasteiger partial charge in [-0.1, -0.05) is 29.0 Å². The van der Waals surface area contributed by atoms with E-state index in [2.05, 4.69) is 10.3 Å². The molecule has 0 atom stereocenters. The Morgan fingerprint density at radius 1 is 1.29 bits per heavy atom. The Labute approximate surface area is 130 Å². The number of nitrogens with one attached hydrogen (secondary N) is 1. The molecule has 21 heavy (non-hydrogen) atoms. The van der Waals surface area contributed by atoms with E-state index in [0.717, 1.165) is 15.8 Å². The maximum atomic E-state index is 12.2. The lowest BCUT2D eigenvalue weighted by atomic mass is 10.2. The van der Waals surface area contributed by atoms with Crippen LogP contribution in [0.3, 0.4) is 0 Å². The van der Waals surface area contributed by atoms with Crippen LogP contribution in [0.15, 0.2) is 36.4 Å². The first-order chi connectivity index (χ1) is 10.0. The number of amides is 1. The Kier molecular flexibility index (Phi) is 3.53. The molecule has 1 amide bonds. The second kappa shape index (κ2) is 5.35. The van der Waals surface area contributed by atoms with Crippen LogP contribution in [0, 0.1) is 6.92 Å². The number of hydrogen-bond acceptors (Lipinski definition) is 4. The highest BCUT2D eigenvalue weighted by molar-refractivity contribution is 7.22. The normalized spacial score (nSPS) is 10.8. The van der Waals surface area contributed by atoms with Gasteiger partial charge in [0, 0.05) is 10.7 Å². The molecule has 0 aliphatic heterocycles.